The zero-order chi connectivity index (χ0) is 11.1. The lowest BCUT2D eigenvalue weighted by molar-refractivity contribution is 0.279. The van der Waals surface area contributed by atoms with Gasteiger partial charge in [-0.3, -0.25) is 0 Å². The van der Waals surface area contributed by atoms with Crippen LogP contribution in [-0.2, 0) is 12.0 Å². The Morgan fingerprint density at radius 2 is 1.93 bits per heavy atom. The molecule has 0 saturated carbocycles. The molecule has 0 aliphatic heterocycles. The van der Waals surface area contributed by atoms with Gasteiger partial charge in [-0.1, -0.05) is 26.8 Å². The van der Waals surface area contributed by atoms with Crippen molar-refractivity contribution >= 4 is 10.9 Å². The number of hydrogen-bond acceptors (Lipinski definition) is 1. The molecular weight excluding hydrogens is 186 g/mol. The average molecular weight is 203 g/mol. The van der Waals surface area contributed by atoms with Gasteiger partial charge in [-0.15, -0.1) is 0 Å². The summed E-state index contributed by atoms with van der Waals surface area (Å²) in [6.07, 6.45) is 1.95. The first kappa shape index (κ1) is 10.2. The summed E-state index contributed by atoms with van der Waals surface area (Å²) in [4.78, 5) is 3.20. The van der Waals surface area contributed by atoms with Gasteiger partial charge in [-0.25, -0.2) is 0 Å². The third-order valence-electron chi connectivity index (χ3n) is 2.74. The SMILES string of the molecule is CC(C)(C)c1c(CO)ccc2[nH]ccc12. The second kappa shape index (κ2) is 3.38. The van der Waals surface area contributed by atoms with E-state index in [2.05, 4.69) is 31.8 Å². The quantitative estimate of drug-likeness (QED) is 0.734. The highest BCUT2D eigenvalue weighted by molar-refractivity contribution is 5.85. The Balaban J connectivity index is 2.80. The highest BCUT2D eigenvalue weighted by Gasteiger charge is 2.20. The molecule has 0 amide bonds. The maximum atomic E-state index is 9.37. The van der Waals surface area contributed by atoms with Crippen molar-refractivity contribution in [2.75, 3.05) is 0 Å². The van der Waals surface area contributed by atoms with Crippen LogP contribution in [0.4, 0.5) is 0 Å². The number of aliphatic hydroxyl groups excluding tert-OH is 1. The summed E-state index contributed by atoms with van der Waals surface area (Å²) in [6.45, 7) is 6.63. The van der Waals surface area contributed by atoms with Crippen LogP contribution in [0.3, 0.4) is 0 Å². The number of rotatable bonds is 1. The summed E-state index contributed by atoms with van der Waals surface area (Å²) in [6, 6.07) is 6.10. The summed E-state index contributed by atoms with van der Waals surface area (Å²) in [5, 5.41) is 10.6. The van der Waals surface area contributed by atoms with E-state index in [1.165, 1.54) is 10.9 Å². The molecular formula is C13H17NO. The van der Waals surface area contributed by atoms with E-state index in [9.17, 15) is 5.11 Å². The van der Waals surface area contributed by atoms with E-state index in [4.69, 9.17) is 0 Å². The number of aromatic amines is 1. The van der Waals surface area contributed by atoms with Crippen molar-refractivity contribution in [3.63, 3.8) is 0 Å². The summed E-state index contributed by atoms with van der Waals surface area (Å²) in [5.74, 6) is 0. The van der Waals surface area contributed by atoms with Gasteiger partial charge in [0.1, 0.15) is 0 Å². The molecule has 0 radical (unpaired) electrons. The summed E-state index contributed by atoms with van der Waals surface area (Å²) in [7, 11) is 0. The second-order valence-electron chi connectivity index (χ2n) is 4.95. The van der Waals surface area contributed by atoms with Crippen molar-refractivity contribution in [2.45, 2.75) is 32.8 Å². The standard InChI is InChI=1S/C13H17NO/c1-13(2,3)12-9(8-15)4-5-11-10(12)6-7-14-11/h4-7,14-15H,8H2,1-3H3. The van der Waals surface area contributed by atoms with Crippen LogP contribution in [0, 0.1) is 0 Å². The Morgan fingerprint density at radius 3 is 2.53 bits per heavy atom. The molecule has 1 aromatic carbocycles. The molecule has 0 unspecified atom stereocenters. The summed E-state index contributed by atoms with van der Waals surface area (Å²) >= 11 is 0. The number of aliphatic hydroxyl groups is 1. The number of fused-ring (bicyclic) bond motifs is 1. The van der Waals surface area contributed by atoms with E-state index >= 15 is 0 Å². The molecule has 0 aliphatic rings. The zero-order valence-electron chi connectivity index (χ0n) is 9.46. The molecule has 0 saturated heterocycles. The molecule has 2 heteroatoms. The molecule has 2 aromatic rings. The third kappa shape index (κ3) is 1.65. The minimum absolute atomic E-state index is 0.0553. The van der Waals surface area contributed by atoms with Gasteiger partial charge in [0.15, 0.2) is 0 Å². The Hall–Kier alpha value is -1.28. The molecule has 0 bridgehead atoms. The zero-order valence-corrected chi connectivity index (χ0v) is 9.46. The molecule has 15 heavy (non-hydrogen) atoms. The van der Waals surface area contributed by atoms with E-state index in [-0.39, 0.29) is 12.0 Å². The van der Waals surface area contributed by atoms with Crippen molar-refractivity contribution in [1.29, 1.82) is 0 Å². The van der Waals surface area contributed by atoms with Crippen molar-refractivity contribution < 1.29 is 5.11 Å². The van der Waals surface area contributed by atoms with Crippen LogP contribution in [0.1, 0.15) is 31.9 Å². The van der Waals surface area contributed by atoms with Gasteiger partial charge in [0, 0.05) is 17.1 Å². The fourth-order valence-electron chi connectivity index (χ4n) is 2.20. The molecule has 0 aliphatic carbocycles. The monoisotopic (exact) mass is 203 g/mol. The van der Waals surface area contributed by atoms with Crippen LogP contribution < -0.4 is 0 Å². The van der Waals surface area contributed by atoms with Gasteiger partial charge >= 0.3 is 0 Å². The van der Waals surface area contributed by atoms with Gasteiger partial charge in [0.05, 0.1) is 6.61 Å². The van der Waals surface area contributed by atoms with Gasteiger partial charge in [-0.2, -0.15) is 0 Å². The smallest absolute Gasteiger partial charge is 0.0684 e. The summed E-state index contributed by atoms with van der Waals surface area (Å²) < 4.78 is 0. The molecule has 0 spiro atoms. The number of hydrogen-bond donors (Lipinski definition) is 2. The molecule has 1 heterocycles. The first-order chi connectivity index (χ1) is 7.04. The molecule has 2 rings (SSSR count). The number of aromatic nitrogens is 1. The van der Waals surface area contributed by atoms with Gasteiger partial charge in [0.2, 0.25) is 0 Å². The predicted molar refractivity (Wildman–Crippen MR) is 62.9 cm³/mol. The fourth-order valence-corrected chi connectivity index (χ4v) is 2.20. The first-order valence-electron chi connectivity index (χ1n) is 5.24. The highest BCUT2D eigenvalue weighted by atomic mass is 16.3. The lowest BCUT2D eigenvalue weighted by Crippen LogP contribution is -2.14. The third-order valence-corrected chi connectivity index (χ3v) is 2.74. The minimum atomic E-state index is 0.0553. The Morgan fingerprint density at radius 1 is 1.20 bits per heavy atom. The van der Waals surface area contributed by atoms with Crippen LogP contribution in [0.25, 0.3) is 10.9 Å². The lowest BCUT2D eigenvalue weighted by Gasteiger charge is -2.23. The Kier molecular flexibility index (Phi) is 2.31. The van der Waals surface area contributed by atoms with Crippen LogP contribution in [0.5, 0.6) is 0 Å². The van der Waals surface area contributed by atoms with Crippen molar-refractivity contribution in [2.24, 2.45) is 0 Å². The lowest BCUT2D eigenvalue weighted by atomic mass is 9.82. The largest absolute Gasteiger partial charge is 0.392 e. The molecule has 2 nitrogen and oxygen atoms in total. The Labute approximate surface area is 89.9 Å². The van der Waals surface area contributed by atoms with Crippen LogP contribution >= 0.6 is 0 Å². The van der Waals surface area contributed by atoms with E-state index in [1.807, 2.05) is 18.3 Å². The van der Waals surface area contributed by atoms with Crippen LogP contribution in [0.15, 0.2) is 24.4 Å². The topological polar surface area (TPSA) is 36.0 Å². The Bertz CT molecular complexity index is 477. The van der Waals surface area contributed by atoms with Crippen LogP contribution in [-0.4, -0.2) is 10.1 Å². The van der Waals surface area contributed by atoms with Gasteiger partial charge in [0.25, 0.3) is 0 Å². The van der Waals surface area contributed by atoms with E-state index in [1.54, 1.807) is 0 Å². The fraction of sp³-hybridized carbons (Fsp3) is 0.385. The number of nitrogens with one attached hydrogen (secondary N) is 1. The maximum Gasteiger partial charge on any atom is 0.0684 e. The van der Waals surface area contributed by atoms with E-state index in [0.717, 1.165) is 11.1 Å². The molecule has 2 N–H and O–H groups in total. The average Bonchev–Trinajstić information content (AvgIpc) is 2.61. The van der Waals surface area contributed by atoms with Crippen molar-refractivity contribution in [3.05, 3.63) is 35.5 Å². The molecule has 0 fully saturated rings. The first-order valence-corrected chi connectivity index (χ1v) is 5.24. The minimum Gasteiger partial charge on any atom is -0.392 e. The van der Waals surface area contributed by atoms with Crippen LogP contribution in [0.2, 0.25) is 0 Å². The number of H-pyrrole nitrogens is 1. The van der Waals surface area contributed by atoms with Crippen molar-refractivity contribution in [1.82, 2.24) is 4.98 Å². The normalized spacial score (nSPS) is 12.3. The maximum absolute atomic E-state index is 9.37. The molecule has 80 valence electrons. The van der Waals surface area contributed by atoms with Gasteiger partial charge in [-0.05, 0) is 28.7 Å². The second-order valence-corrected chi connectivity index (χ2v) is 4.95. The van der Waals surface area contributed by atoms with E-state index < -0.39 is 0 Å². The van der Waals surface area contributed by atoms with E-state index in [0.29, 0.717) is 0 Å². The highest BCUT2D eigenvalue weighted by Crippen LogP contribution is 2.32. The van der Waals surface area contributed by atoms with Crippen molar-refractivity contribution in [3.8, 4) is 0 Å². The number of benzene rings is 1. The summed E-state index contributed by atoms with van der Waals surface area (Å²) in [5.41, 5.74) is 3.45. The molecule has 1 aromatic heterocycles. The van der Waals surface area contributed by atoms with Gasteiger partial charge < -0.3 is 10.1 Å². The molecule has 0 atom stereocenters. The predicted octanol–water partition coefficient (Wildman–Crippen LogP) is 2.96.